The number of H-pyrrole nitrogens is 1. The average Bonchev–Trinajstić information content (AvgIpc) is 2.56. The highest BCUT2D eigenvalue weighted by Crippen LogP contribution is 2.25. The summed E-state index contributed by atoms with van der Waals surface area (Å²) >= 11 is 17.7. The lowest BCUT2D eigenvalue weighted by Crippen LogP contribution is -2.28. The van der Waals surface area contributed by atoms with Crippen LogP contribution in [0.3, 0.4) is 0 Å². The van der Waals surface area contributed by atoms with Gasteiger partial charge in [0.25, 0.3) is 5.91 Å². The lowest BCUT2D eigenvalue weighted by Gasteiger charge is -2.07. The van der Waals surface area contributed by atoms with E-state index in [9.17, 15) is 9.59 Å². The first-order valence-electron chi connectivity index (χ1n) is 6.99. The molecule has 4 nitrogen and oxygen atoms in total. The van der Waals surface area contributed by atoms with E-state index in [1.807, 2.05) is 0 Å². The van der Waals surface area contributed by atoms with Gasteiger partial charge in [-0.15, -0.1) is 0 Å². The Morgan fingerprint density at radius 1 is 1.04 bits per heavy atom. The molecule has 0 saturated carbocycles. The number of rotatable bonds is 3. The highest BCUT2D eigenvalue weighted by molar-refractivity contribution is 6.42. The summed E-state index contributed by atoms with van der Waals surface area (Å²) in [6.07, 6.45) is 1.37. The Hall–Kier alpha value is -2.01. The second-order valence-corrected chi connectivity index (χ2v) is 6.40. The van der Waals surface area contributed by atoms with Crippen LogP contribution in [-0.4, -0.2) is 10.9 Å². The van der Waals surface area contributed by atoms with E-state index in [1.54, 1.807) is 30.3 Å². The summed E-state index contributed by atoms with van der Waals surface area (Å²) in [4.78, 5) is 27.7. The third-order valence-corrected chi connectivity index (χ3v) is 4.51. The number of nitrogens with one attached hydrogen (secondary N) is 2. The van der Waals surface area contributed by atoms with Crippen LogP contribution in [0.4, 0.5) is 0 Å². The summed E-state index contributed by atoms with van der Waals surface area (Å²) in [6, 6.07) is 10.1. The molecule has 0 radical (unpaired) electrons. The van der Waals surface area contributed by atoms with Gasteiger partial charge in [-0.3, -0.25) is 9.59 Å². The number of aromatic nitrogens is 1. The molecule has 0 saturated heterocycles. The molecule has 0 aliphatic rings. The molecule has 0 aliphatic heterocycles. The van der Waals surface area contributed by atoms with E-state index in [2.05, 4.69) is 10.3 Å². The molecule has 0 atom stereocenters. The van der Waals surface area contributed by atoms with Crippen molar-refractivity contribution in [2.24, 2.45) is 0 Å². The number of amides is 1. The number of carbonyl (C=O) groups excluding carboxylic acids is 1. The van der Waals surface area contributed by atoms with Gasteiger partial charge in [-0.05, 0) is 29.8 Å². The summed E-state index contributed by atoms with van der Waals surface area (Å²) in [5, 5.41) is 4.22. The van der Waals surface area contributed by atoms with Crippen molar-refractivity contribution < 1.29 is 4.79 Å². The molecule has 2 N–H and O–H groups in total. The van der Waals surface area contributed by atoms with E-state index < -0.39 is 11.3 Å². The monoisotopic (exact) mass is 380 g/mol. The Morgan fingerprint density at radius 2 is 1.71 bits per heavy atom. The fraction of sp³-hybridized carbons (Fsp3) is 0.0588. The third kappa shape index (κ3) is 3.41. The van der Waals surface area contributed by atoms with E-state index in [0.717, 1.165) is 5.56 Å². The standard InChI is InChI=1S/C17H11Cl3N2O2/c18-10-3-1-9(2-4-10)7-22-17(24)12-8-21-15-6-14(20)13(19)5-11(15)16(12)23/h1-6,8H,7H2,(H,21,23)(H,22,24). The van der Waals surface area contributed by atoms with Crippen molar-refractivity contribution in [1.29, 1.82) is 0 Å². The van der Waals surface area contributed by atoms with Crippen molar-refractivity contribution in [2.45, 2.75) is 6.54 Å². The largest absolute Gasteiger partial charge is 0.360 e. The van der Waals surface area contributed by atoms with E-state index in [-0.39, 0.29) is 17.1 Å². The predicted octanol–water partition coefficient (Wildman–Crippen LogP) is 4.42. The fourth-order valence-corrected chi connectivity index (χ4v) is 2.72. The molecule has 3 rings (SSSR count). The minimum atomic E-state index is -0.473. The summed E-state index contributed by atoms with van der Waals surface area (Å²) in [5.41, 5.74) is 0.995. The number of carbonyl (C=O) groups is 1. The van der Waals surface area contributed by atoms with Crippen LogP contribution >= 0.6 is 34.8 Å². The molecule has 1 heterocycles. The summed E-state index contributed by atoms with van der Waals surface area (Å²) in [5.74, 6) is -0.473. The molecular weight excluding hydrogens is 371 g/mol. The van der Waals surface area contributed by atoms with E-state index in [4.69, 9.17) is 34.8 Å². The summed E-state index contributed by atoms with van der Waals surface area (Å²) in [7, 11) is 0. The maximum atomic E-state index is 12.5. The molecule has 0 fully saturated rings. The number of hydrogen-bond acceptors (Lipinski definition) is 2. The highest BCUT2D eigenvalue weighted by Gasteiger charge is 2.14. The van der Waals surface area contributed by atoms with Crippen molar-refractivity contribution in [1.82, 2.24) is 10.3 Å². The first kappa shape index (κ1) is 16.8. The SMILES string of the molecule is O=C(NCc1ccc(Cl)cc1)c1c[nH]c2cc(Cl)c(Cl)cc2c1=O. The quantitative estimate of drug-likeness (QED) is 0.705. The number of aromatic amines is 1. The first-order chi connectivity index (χ1) is 11.5. The second-order valence-electron chi connectivity index (χ2n) is 5.15. The molecule has 7 heteroatoms. The van der Waals surface area contributed by atoms with Gasteiger partial charge < -0.3 is 10.3 Å². The molecular formula is C17H11Cl3N2O2. The minimum Gasteiger partial charge on any atom is -0.360 e. The smallest absolute Gasteiger partial charge is 0.257 e. The van der Waals surface area contributed by atoms with Crippen LogP contribution in [0.15, 0.2) is 47.4 Å². The first-order valence-corrected chi connectivity index (χ1v) is 8.12. The molecule has 2 aromatic carbocycles. The van der Waals surface area contributed by atoms with Gasteiger partial charge in [0, 0.05) is 23.2 Å². The Bertz CT molecular complexity index is 982. The number of halogens is 3. The van der Waals surface area contributed by atoms with Crippen LogP contribution in [0, 0.1) is 0 Å². The van der Waals surface area contributed by atoms with Crippen LogP contribution in [0.25, 0.3) is 10.9 Å². The van der Waals surface area contributed by atoms with Crippen molar-refractivity contribution in [3.05, 3.63) is 79.0 Å². The van der Waals surface area contributed by atoms with Crippen molar-refractivity contribution >= 4 is 51.6 Å². The lowest BCUT2D eigenvalue weighted by atomic mass is 10.1. The number of hydrogen-bond donors (Lipinski definition) is 2. The highest BCUT2D eigenvalue weighted by atomic mass is 35.5. The van der Waals surface area contributed by atoms with Crippen molar-refractivity contribution in [3.63, 3.8) is 0 Å². The van der Waals surface area contributed by atoms with Gasteiger partial charge in [0.05, 0.1) is 15.6 Å². The van der Waals surface area contributed by atoms with Gasteiger partial charge in [-0.1, -0.05) is 46.9 Å². The van der Waals surface area contributed by atoms with E-state index in [1.165, 1.54) is 12.3 Å². The average molecular weight is 382 g/mol. The van der Waals surface area contributed by atoms with E-state index in [0.29, 0.717) is 20.9 Å². The molecule has 1 amide bonds. The van der Waals surface area contributed by atoms with E-state index >= 15 is 0 Å². The second kappa shape index (κ2) is 6.85. The van der Waals surface area contributed by atoms with Crippen LogP contribution in [-0.2, 0) is 6.54 Å². The molecule has 0 aliphatic carbocycles. The van der Waals surface area contributed by atoms with Crippen LogP contribution in [0.5, 0.6) is 0 Å². The molecule has 122 valence electrons. The van der Waals surface area contributed by atoms with Gasteiger partial charge in [-0.2, -0.15) is 0 Å². The molecule has 1 aromatic heterocycles. The third-order valence-electron chi connectivity index (χ3n) is 3.53. The van der Waals surface area contributed by atoms with Crippen LogP contribution in [0.2, 0.25) is 15.1 Å². The summed E-state index contributed by atoms with van der Waals surface area (Å²) < 4.78 is 0. The van der Waals surface area contributed by atoms with Gasteiger partial charge in [0.15, 0.2) is 0 Å². The van der Waals surface area contributed by atoms with Crippen molar-refractivity contribution in [2.75, 3.05) is 0 Å². The van der Waals surface area contributed by atoms with Crippen molar-refractivity contribution in [3.8, 4) is 0 Å². The molecule has 0 unspecified atom stereocenters. The minimum absolute atomic E-state index is 0.00912. The Balaban J connectivity index is 1.87. The van der Waals surface area contributed by atoms with Crippen LogP contribution in [0.1, 0.15) is 15.9 Å². The fourth-order valence-electron chi connectivity index (χ4n) is 2.26. The zero-order chi connectivity index (χ0) is 17.3. The molecule has 3 aromatic rings. The Labute approximate surface area is 152 Å². The van der Waals surface area contributed by atoms with Crippen LogP contribution < -0.4 is 10.7 Å². The van der Waals surface area contributed by atoms with Gasteiger partial charge in [0.2, 0.25) is 5.43 Å². The van der Waals surface area contributed by atoms with Gasteiger partial charge in [0.1, 0.15) is 5.56 Å². The normalized spacial score (nSPS) is 10.8. The summed E-state index contributed by atoms with van der Waals surface area (Å²) in [6.45, 7) is 0.287. The Morgan fingerprint density at radius 3 is 2.42 bits per heavy atom. The topological polar surface area (TPSA) is 62.0 Å². The number of benzene rings is 2. The zero-order valence-corrected chi connectivity index (χ0v) is 14.5. The molecule has 24 heavy (non-hydrogen) atoms. The zero-order valence-electron chi connectivity index (χ0n) is 12.2. The Kier molecular flexibility index (Phi) is 4.81. The number of fused-ring (bicyclic) bond motifs is 1. The van der Waals surface area contributed by atoms with Gasteiger partial charge in [-0.25, -0.2) is 0 Å². The maximum absolute atomic E-state index is 12.5. The lowest BCUT2D eigenvalue weighted by molar-refractivity contribution is 0.0949. The molecule has 0 bridgehead atoms. The number of pyridine rings is 1. The molecule has 0 spiro atoms. The maximum Gasteiger partial charge on any atom is 0.257 e. The van der Waals surface area contributed by atoms with Gasteiger partial charge >= 0.3 is 0 Å². The predicted molar refractivity (Wildman–Crippen MR) is 97.2 cm³/mol.